The zero-order valence-electron chi connectivity index (χ0n) is 7.32. The highest BCUT2D eigenvalue weighted by Crippen LogP contribution is 2.34. The molecule has 66 valence electrons. The number of aromatic nitrogens is 3. The van der Waals surface area contributed by atoms with Crippen molar-refractivity contribution >= 4 is 0 Å². The first-order chi connectivity index (χ1) is 5.72. The fraction of sp³-hybridized carbons (Fsp3) is 0.750. The van der Waals surface area contributed by atoms with E-state index in [4.69, 9.17) is 5.73 Å². The van der Waals surface area contributed by atoms with Gasteiger partial charge in [-0.2, -0.15) is 5.10 Å². The maximum absolute atomic E-state index is 6.20. The molecule has 0 saturated heterocycles. The zero-order valence-corrected chi connectivity index (χ0v) is 7.32. The van der Waals surface area contributed by atoms with E-state index in [9.17, 15) is 0 Å². The molecular weight excluding hydrogens is 152 g/mol. The molecule has 0 unspecified atom stereocenters. The molecule has 0 bridgehead atoms. The number of aryl methyl sites for hydroxylation is 1. The Balaban J connectivity index is 2.34. The first kappa shape index (κ1) is 7.73. The van der Waals surface area contributed by atoms with E-state index in [1.165, 1.54) is 12.8 Å². The SMILES string of the molecule is Cn1ncnc1C1(N)CCCC1. The summed E-state index contributed by atoms with van der Waals surface area (Å²) in [6.45, 7) is 0. The number of rotatable bonds is 1. The van der Waals surface area contributed by atoms with E-state index < -0.39 is 0 Å². The highest BCUT2D eigenvalue weighted by Gasteiger charge is 2.34. The Kier molecular flexibility index (Phi) is 1.65. The Hall–Kier alpha value is -0.900. The standard InChI is InChI=1S/C8H14N4/c1-12-7(10-6-11-12)8(9)4-2-3-5-8/h6H,2-5,9H2,1H3. The summed E-state index contributed by atoms with van der Waals surface area (Å²) in [6.07, 6.45) is 6.08. The maximum atomic E-state index is 6.20. The average molecular weight is 166 g/mol. The van der Waals surface area contributed by atoms with Crippen LogP contribution in [0.25, 0.3) is 0 Å². The fourth-order valence-corrected chi connectivity index (χ4v) is 1.98. The minimum Gasteiger partial charge on any atom is -0.319 e. The van der Waals surface area contributed by atoms with E-state index >= 15 is 0 Å². The summed E-state index contributed by atoms with van der Waals surface area (Å²) in [5.41, 5.74) is 6.00. The molecular formula is C8H14N4. The van der Waals surface area contributed by atoms with E-state index in [1.54, 1.807) is 11.0 Å². The van der Waals surface area contributed by atoms with E-state index in [-0.39, 0.29) is 5.54 Å². The predicted octanol–water partition coefficient (Wildman–Crippen LogP) is 0.543. The number of hydrogen-bond donors (Lipinski definition) is 1. The van der Waals surface area contributed by atoms with E-state index in [0.29, 0.717) is 0 Å². The molecule has 1 aliphatic carbocycles. The van der Waals surface area contributed by atoms with Crippen LogP contribution in [0.15, 0.2) is 6.33 Å². The third-order valence-electron chi connectivity index (χ3n) is 2.65. The summed E-state index contributed by atoms with van der Waals surface area (Å²) in [7, 11) is 1.90. The molecule has 0 atom stereocenters. The predicted molar refractivity (Wildman–Crippen MR) is 45.3 cm³/mol. The molecule has 1 aromatic heterocycles. The minimum absolute atomic E-state index is 0.203. The van der Waals surface area contributed by atoms with Crippen LogP contribution in [0.5, 0.6) is 0 Å². The Bertz CT molecular complexity index is 272. The lowest BCUT2D eigenvalue weighted by Gasteiger charge is -2.21. The third-order valence-corrected chi connectivity index (χ3v) is 2.65. The molecule has 1 aromatic rings. The molecule has 0 aromatic carbocycles. The van der Waals surface area contributed by atoms with Gasteiger partial charge in [0.15, 0.2) is 0 Å². The van der Waals surface area contributed by atoms with Crippen molar-refractivity contribution < 1.29 is 0 Å². The van der Waals surface area contributed by atoms with E-state index in [1.807, 2.05) is 7.05 Å². The van der Waals surface area contributed by atoms with Crippen molar-refractivity contribution in [2.45, 2.75) is 31.2 Å². The van der Waals surface area contributed by atoms with Gasteiger partial charge in [-0.1, -0.05) is 12.8 Å². The Morgan fingerprint density at radius 1 is 1.50 bits per heavy atom. The van der Waals surface area contributed by atoms with Gasteiger partial charge in [0.05, 0.1) is 5.54 Å². The van der Waals surface area contributed by atoms with Gasteiger partial charge >= 0.3 is 0 Å². The molecule has 12 heavy (non-hydrogen) atoms. The van der Waals surface area contributed by atoms with Crippen LogP contribution in [-0.4, -0.2) is 14.8 Å². The van der Waals surface area contributed by atoms with Gasteiger partial charge in [-0.25, -0.2) is 4.98 Å². The Morgan fingerprint density at radius 2 is 2.17 bits per heavy atom. The highest BCUT2D eigenvalue weighted by atomic mass is 15.3. The van der Waals surface area contributed by atoms with Gasteiger partial charge in [0.2, 0.25) is 0 Å². The summed E-state index contributed by atoms with van der Waals surface area (Å²) in [6, 6.07) is 0. The van der Waals surface area contributed by atoms with Crippen LogP contribution in [0.2, 0.25) is 0 Å². The van der Waals surface area contributed by atoms with Gasteiger partial charge in [0, 0.05) is 7.05 Å². The lowest BCUT2D eigenvalue weighted by molar-refractivity contribution is 0.410. The molecule has 0 radical (unpaired) electrons. The lowest BCUT2D eigenvalue weighted by Crippen LogP contribution is -2.36. The summed E-state index contributed by atoms with van der Waals surface area (Å²) < 4.78 is 1.78. The summed E-state index contributed by atoms with van der Waals surface area (Å²) in [4.78, 5) is 4.20. The molecule has 4 nitrogen and oxygen atoms in total. The Labute approximate surface area is 71.8 Å². The van der Waals surface area contributed by atoms with Crippen LogP contribution in [0.3, 0.4) is 0 Å². The highest BCUT2D eigenvalue weighted by molar-refractivity contribution is 5.06. The quantitative estimate of drug-likeness (QED) is 0.662. The second kappa shape index (κ2) is 2.55. The number of hydrogen-bond acceptors (Lipinski definition) is 3. The average Bonchev–Trinajstić information content (AvgIpc) is 2.59. The first-order valence-corrected chi connectivity index (χ1v) is 4.36. The van der Waals surface area contributed by atoms with Crippen LogP contribution >= 0.6 is 0 Å². The molecule has 4 heteroatoms. The van der Waals surface area contributed by atoms with Gasteiger partial charge in [0.1, 0.15) is 12.2 Å². The van der Waals surface area contributed by atoms with Gasteiger partial charge < -0.3 is 5.73 Å². The van der Waals surface area contributed by atoms with Crippen molar-refractivity contribution in [2.75, 3.05) is 0 Å². The molecule has 1 saturated carbocycles. The maximum Gasteiger partial charge on any atom is 0.146 e. The normalized spacial score (nSPS) is 21.5. The Morgan fingerprint density at radius 3 is 2.67 bits per heavy atom. The molecule has 1 heterocycles. The van der Waals surface area contributed by atoms with Crippen LogP contribution in [0, 0.1) is 0 Å². The van der Waals surface area contributed by atoms with E-state index in [2.05, 4.69) is 10.1 Å². The largest absolute Gasteiger partial charge is 0.319 e. The van der Waals surface area contributed by atoms with Gasteiger partial charge in [-0.15, -0.1) is 0 Å². The third kappa shape index (κ3) is 1.03. The lowest BCUT2D eigenvalue weighted by atomic mass is 9.98. The first-order valence-electron chi connectivity index (χ1n) is 4.36. The van der Waals surface area contributed by atoms with Crippen molar-refractivity contribution in [3.05, 3.63) is 12.2 Å². The molecule has 1 aliphatic rings. The monoisotopic (exact) mass is 166 g/mol. The molecule has 0 spiro atoms. The topological polar surface area (TPSA) is 56.7 Å². The van der Waals surface area contributed by atoms with Gasteiger partial charge in [-0.05, 0) is 12.8 Å². The second-order valence-electron chi connectivity index (χ2n) is 3.57. The van der Waals surface area contributed by atoms with Crippen molar-refractivity contribution in [3.8, 4) is 0 Å². The molecule has 2 rings (SSSR count). The molecule has 0 aliphatic heterocycles. The smallest absolute Gasteiger partial charge is 0.146 e. The van der Waals surface area contributed by atoms with Gasteiger partial charge in [-0.3, -0.25) is 4.68 Å². The van der Waals surface area contributed by atoms with E-state index in [0.717, 1.165) is 18.7 Å². The summed E-state index contributed by atoms with van der Waals surface area (Å²) in [5.74, 6) is 0.931. The minimum atomic E-state index is -0.203. The molecule has 1 fully saturated rings. The van der Waals surface area contributed by atoms with Crippen molar-refractivity contribution in [1.82, 2.24) is 14.8 Å². The van der Waals surface area contributed by atoms with Crippen LogP contribution in [-0.2, 0) is 12.6 Å². The van der Waals surface area contributed by atoms with Gasteiger partial charge in [0.25, 0.3) is 0 Å². The number of nitrogens with zero attached hydrogens (tertiary/aromatic N) is 3. The summed E-state index contributed by atoms with van der Waals surface area (Å²) in [5, 5.41) is 4.03. The number of nitrogens with two attached hydrogens (primary N) is 1. The van der Waals surface area contributed by atoms with Crippen molar-refractivity contribution in [2.24, 2.45) is 12.8 Å². The van der Waals surface area contributed by atoms with Crippen LogP contribution < -0.4 is 5.73 Å². The van der Waals surface area contributed by atoms with Crippen molar-refractivity contribution in [1.29, 1.82) is 0 Å². The van der Waals surface area contributed by atoms with Crippen LogP contribution in [0.4, 0.5) is 0 Å². The summed E-state index contributed by atoms with van der Waals surface area (Å²) >= 11 is 0. The zero-order chi connectivity index (χ0) is 8.60. The second-order valence-corrected chi connectivity index (χ2v) is 3.57. The van der Waals surface area contributed by atoms with Crippen molar-refractivity contribution in [3.63, 3.8) is 0 Å². The molecule has 2 N–H and O–H groups in total. The van der Waals surface area contributed by atoms with Crippen LogP contribution in [0.1, 0.15) is 31.5 Å². The fourth-order valence-electron chi connectivity index (χ4n) is 1.98. The molecule has 0 amide bonds.